The molecule has 0 N–H and O–H groups in total. The zero-order chi connectivity index (χ0) is 16.8. The fourth-order valence-corrected chi connectivity index (χ4v) is 3.16. The summed E-state index contributed by atoms with van der Waals surface area (Å²) in [5.41, 5.74) is 2.19. The van der Waals surface area contributed by atoms with Gasteiger partial charge < -0.3 is 9.42 Å². The molecule has 2 rings (SSSR count). The van der Waals surface area contributed by atoms with E-state index in [-0.39, 0.29) is 5.91 Å². The molecule has 1 aliphatic rings. The van der Waals surface area contributed by atoms with Crippen molar-refractivity contribution in [1.29, 1.82) is 0 Å². The van der Waals surface area contributed by atoms with Gasteiger partial charge in [-0.25, -0.2) is 0 Å². The number of aromatic nitrogens is 1. The third kappa shape index (κ3) is 4.78. The average Bonchev–Trinajstić information content (AvgIpc) is 2.73. The van der Waals surface area contributed by atoms with E-state index in [1.165, 1.54) is 5.56 Å². The number of likely N-dealkylation sites (N-methyl/N-ethyl adjacent to an activating group) is 1. The van der Waals surface area contributed by atoms with Crippen molar-refractivity contribution in [2.24, 2.45) is 0 Å². The molecule has 0 aromatic carbocycles. The van der Waals surface area contributed by atoms with Crippen molar-refractivity contribution >= 4 is 5.91 Å². The van der Waals surface area contributed by atoms with Crippen molar-refractivity contribution in [2.75, 3.05) is 45.8 Å². The minimum absolute atomic E-state index is 0.245. The Balaban J connectivity index is 1.86. The molecule has 23 heavy (non-hydrogen) atoms. The second-order valence-corrected chi connectivity index (χ2v) is 6.27. The van der Waals surface area contributed by atoms with Gasteiger partial charge in [-0.3, -0.25) is 14.6 Å². The summed E-state index contributed by atoms with van der Waals surface area (Å²) in [4.78, 5) is 18.9. The van der Waals surface area contributed by atoms with Crippen molar-refractivity contribution in [2.45, 2.75) is 40.7 Å². The van der Waals surface area contributed by atoms with Gasteiger partial charge in [0.1, 0.15) is 5.76 Å². The zero-order valence-corrected chi connectivity index (χ0v) is 15.0. The van der Waals surface area contributed by atoms with Crippen molar-refractivity contribution in [3.8, 4) is 0 Å². The number of carbonyl (C=O) groups excluding carboxylic acids is 1. The second-order valence-electron chi connectivity index (χ2n) is 6.27. The molecule has 0 aliphatic carbocycles. The summed E-state index contributed by atoms with van der Waals surface area (Å²) >= 11 is 0. The van der Waals surface area contributed by atoms with Crippen LogP contribution in [0, 0.1) is 13.8 Å². The second kappa shape index (κ2) is 8.45. The molecule has 0 saturated carbocycles. The summed E-state index contributed by atoms with van der Waals surface area (Å²) in [5.74, 6) is 1.16. The van der Waals surface area contributed by atoms with Crippen LogP contribution in [0.4, 0.5) is 0 Å². The van der Waals surface area contributed by atoms with Crippen LogP contribution in [0.15, 0.2) is 4.52 Å². The van der Waals surface area contributed by atoms with Crippen molar-refractivity contribution in [3.63, 3.8) is 0 Å². The molecule has 0 atom stereocenters. The number of hydrogen-bond donors (Lipinski definition) is 0. The fraction of sp³-hybridized carbons (Fsp3) is 0.765. The lowest BCUT2D eigenvalue weighted by atomic mass is 10.2. The number of aryl methyl sites for hydroxylation is 2. The molecule has 0 unspecified atom stereocenters. The van der Waals surface area contributed by atoms with Gasteiger partial charge in [-0.1, -0.05) is 5.16 Å². The molecule has 1 aromatic heterocycles. The van der Waals surface area contributed by atoms with E-state index in [9.17, 15) is 4.79 Å². The van der Waals surface area contributed by atoms with E-state index in [0.717, 1.165) is 63.7 Å². The van der Waals surface area contributed by atoms with E-state index in [1.54, 1.807) is 0 Å². The number of carbonyl (C=O) groups is 1. The van der Waals surface area contributed by atoms with Gasteiger partial charge in [-0.2, -0.15) is 0 Å². The summed E-state index contributed by atoms with van der Waals surface area (Å²) in [7, 11) is 0. The first-order valence-electron chi connectivity index (χ1n) is 8.69. The normalized spacial score (nSPS) is 17.2. The van der Waals surface area contributed by atoms with Crippen molar-refractivity contribution in [3.05, 3.63) is 17.0 Å². The van der Waals surface area contributed by atoms with Gasteiger partial charge in [0.15, 0.2) is 0 Å². The predicted octanol–water partition coefficient (Wildman–Crippen LogP) is 1.67. The van der Waals surface area contributed by atoms with Crippen LogP contribution >= 0.6 is 0 Å². The standard InChI is InChI=1S/C17H30N4O2/c1-5-21(6-2)17(22)13-20-9-7-8-19(10-11-20)12-16-14(3)18-23-15(16)4/h5-13H2,1-4H3. The fourth-order valence-electron chi connectivity index (χ4n) is 3.16. The first-order valence-corrected chi connectivity index (χ1v) is 8.69. The minimum Gasteiger partial charge on any atom is -0.361 e. The molecule has 130 valence electrons. The summed E-state index contributed by atoms with van der Waals surface area (Å²) in [6, 6.07) is 0. The number of amides is 1. The Bertz CT molecular complexity index is 491. The molecular formula is C17H30N4O2. The molecule has 1 fully saturated rings. The van der Waals surface area contributed by atoms with Crippen LogP contribution < -0.4 is 0 Å². The number of hydrogen-bond acceptors (Lipinski definition) is 5. The van der Waals surface area contributed by atoms with Crippen LogP contribution in [0.1, 0.15) is 37.3 Å². The van der Waals surface area contributed by atoms with E-state index in [0.29, 0.717) is 6.54 Å². The quantitative estimate of drug-likeness (QED) is 0.797. The lowest BCUT2D eigenvalue weighted by Gasteiger charge is -2.25. The molecule has 6 heteroatoms. The van der Waals surface area contributed by atoms with Crippen molar-refractivity contribution in [1.82, 2.24) is 19.9 Å². The first kappa shape index (κ1) is 17.9. The van der Waals surface area contributed by atoms with Gasteiger partial charge in [0.25, 0.3) is 0 Å². The molecule has 6 nitrogen and oxygen atoms in total. The molecule has 1 saturated heterocycles. The third-order valence-electron chi connectivity index (χ3n) is 4.72. The summed E-state index contributed by atoms with van der Waals surface area (Å²) in [6.07, 6.45) is 1.09. The molecule has 0 bridgehead atoms. The molecule has 0 spiro atoms. The van der Waals surface area contributed by atoms with E-state index in [2.05, 4.69) is 15.0 Å². The molecule has 0 radical (unpaired) electrons. The third-order valence-corrected chi connectivity index (χ3v) is 4.72. The summed E-state index contributed by atoms with van der Waals surface area (Å²) in [6.45, 7) is 15.0. The van der Waals surface area contributed by atoms with Gasteiger partial charge in [0.05, 0.1) is 12.2 Å². The van der Waals surface area contributed by atoms with Gasteiger partial charge in [0, 0.05) is 38.3 Å². The Kier molecular flexibility index (Phi) is 6.59. The summed E-state index contributed by atoms with van der Waals surface area (Å²) < 4.78 is 5.26. The first-order chi connectivity index (χ1) is 11.0. The van der Waals surface area contributed by atoms with Gasteiger partial charge >= 0.3 is 0 Å². The monoisotopic (exact) mass is 322 g/mol. The molecule has 2 heterocycles. The minimum atomic E-state index is 0.245. The van der Waals surface area contributed by atoms with Gasteiger partial charge in [0.2, 0.25) is 5.91 Å². The van der Waals surface area contributed by atoms with E-state index in [1.807, 2.05) is 32.6 Å². The maximum Gasteiger partial charge on any atom is 0.236 e. The maximum absolute atomic E-state index is 12.3. The molecular weight excluding hydrogens is 292 g/mol. The van der Waals surface area contributed by atoms with E-state index in [4.69, 9.17) is 4.52 Å². The van der Waals surface area contributed by atoms with Crippen LogP contribution in [0.25, 0.3) is 0 Å². The van der Waals surface area contributed by atoms with Crippen LogP contribution in [0.2, 0.25) is 0 Å². The lowest BCUT2D eigenvalue weighted by molar-refractivity contribution is -0.132. The number of nitrogens with zero attached hydrogens (tertiary/aromatic N) is 4. The lowest BCUT2D eigenvalue weighted by Crippen LogP contribution is -2.41. The summed E-state index contributed by atoms with van der Waals surface area (Å²) in [5, 5.41) is 4.04. The number of rotatable bonds is 6. The van der Waals surface area contributed by atoms with E-state index >= 15 is 0 Å². The Morgan fingerprint density at radius 2 is 1.78 bits per heavy atom. The maximum atomic E-state index is 12.3. The Morgan fingerprint density at radius 1 is 1.13 bits per heavy atom. The highest BCUT2D eigenvalue weighted by Gasteiger charge is 2.20. The van der Waals surface area contributed by atoms with Gasteiger partial charge in [-0.15, -0.1) is 0 Å². The molecule has 1 aliphatic heterocycles. The van der Waals surface area contributed by atoms with Crippen LogP contribution in [0.5, 0.6) is 0 Å². The SMILES string of the molecule is CCN(CC)C(=O)CN1CCCN(Cc2c(C)noc2C)CC1. The van der Waals surface area contributed by atoms with Gasteiger partial charge in [-0.05, 0) is 47.2 Å². The Hall–Kier alpha value is -1.40. The smallest absolute Gasteiger partial charge is 0.236 e. The van der Waals surface area contributed by atoms with E-state index < -0.39 is 0 Å². The Labute approximate surface area is 139 Å². The highest BCUT2D eigenvalue weighted by atomic mass is 16.5. The highest BCUT2D eigenvalue weighted by Crippen LogP contribution is 2.16. The highest BCUT2D eigenvalue weighted by molar-refractivity contribution is 5.78. The van der Waals surface area contributed by atoms with Crippen LogP contribution in [0.3, 0.4) is 0 Å². The predicted molar refractivity (Wildman–Crippen MR) is 90.2 cm³/mol. The van der Waals surface area contributed by atoms with Crippen LogP contribution in [-0.4, -0.2) is 71.6 Å². The van der Waals surface area contributed by atoms with Crippen LogP contribution in [-0.2, 0) is 11.3 Å². The largest absolute Gasteiger partial charge is 0.361 e. The molecule has 1 amide bonds. The topological polar surface area (TPSA) is 52.8 Å². The molecule has 1 aromatic rings. The average molecular weight is 322 g/mol. The Morgan fingerprint density at radius 3 is 2.39 bits per heavy atom. The van der Waals surface area contributed by atoms with Crippen molar-refractivity contribution < 1.29 is 9.32 Å². The zero-order valence-electron chi connectivity index (χ0n) is 15.0.